The third-order valence-electron chi connectivity index (χ3n) is 5.90. The Bertz CT molecular complexity index is 1080. The predicted octanol–water partition coefficient (Wildman–Crippen LogP) is 8.05. The Labute approximate surface area is 233 Å². The van der Waals surface area contributed by atoms with Gasteiger partial charge in [0.05, 0.1) is 4.88 Å². The first-order valence-corrected chi connectivity index (χ1v) is 12.9. The number of anilines is 1. The fraction of sp³-hybridized carbons (Fsp3) is 0.414. The molecule has 2 aromatic carbocycles. The number of halogens is 2. The van der Waals surface area contributed by atoms with Crippen LogP contribution in [0.15, 0.2) is 53.9 Å². The molecule has 1 heterocycles. The molecular weight excluding hydrogens is 509 g/mol. The molecule has 0 fully saturated rings. The van der Waals surface area contributed by atoms with Gasteiger partial charge in [0.1, 0.15) is 11.6 Å². The van der Waals surface area contributed by atoms with Gasteiger partial charge in [-0.1, -0.05) is 71.9 Å². The van der Waals surface area contributed by atoms with Gasteiger partial charge < -0.3 is 15.7 Å². The normalized spacial score (nSPS) is 11.4. The summed E-state index contributed by atoms with van der Waals surface area (Å²) in [5, 5.41) is 27.9. The van der Waals surface area contributed by atoms with Gasteiger partial charge in [0.2, 0.25) is 0 Å². The molecule has 1 aromatic heterocycles. The highest BCUT2D eigenvalue weighted by molar-refractivity contribution is 7.12. The van der Waals surface area contributed by atoms with E-state index in [0.717, 1.165) is 47.6 Å². The van der Waals surface area contributed by atoms with E-state index in [2.05, 4.69) is 76.4 Å². The Morgan fingerprint density at radius 1 is 0.889 bits per heavy atom. The quantitative estimate of drug-likeness (QED) is 0.130. The molecule has 0 unspecified atom stereocenters. The molecule has 3 rings (SSSR count). The number of phenolic OH excluding ortho intramolecular Hbond substituents is 1. The fourth-order valence-electron chi connectivity index (χ4n) is 4.02. The van der Waals surface area contributed by atoms with E-state index in [1.807, 2.05) is 29.6 Å². The van der Waals surface area contributed by atoms with Crippen LogP contribution in [0.4, 0.5) is 5.69 Å². The van der Waals surface area contributed by atoms with E-state index in [0.29, 0.717) is 11.6 Å². The van der Waals surface area contributed by atoms with Gasteiger partial charge in [-0.2, -0.15) is 0 Å². The summed E-state index contributed by atoms with van der Waals surface area (Å²) < 4.78 is 0. The van der Waals surface area contributed by atoms with Gasteiger partial charge in [-0.25, -0.2) is 0 Å². The molecule has 0 spiro atoms. The third kappa shape index (κ3) is 8.81. The summed E-state index contributed by atoms with van der Waals surface area (Å²) in [7, 11) is 0. The Balaban J connectivity index is 0.00000324. The molecule has 4 nitrogen and oxygen atoms in total. The highest BCUT2D eigenvalue weighted by Gasteiger charge is 2.26. The van der Waals surface area contributed by atoms with Gasteiger partial charge in [0, 0.05) is 12.2 Å². The number of aromatic hydroxyl groups is 1. The molecule has 4 N–H and O–H groups in total. The van der Waals surface area contributed by atoms with Crippen molar-refractivity contribution in [2.45, 2.75) is 71.8 Å². The molecule has 0 bridgehead atoms. The fourth-order valence-corrected chi connectivity index (χ4v) is 4.65. The Hall–Kier alpha value is -2.05. The molecule has 0 radical (unpaired) electrons. The minimum absolute atomic E-state index is 0. The average molecular weight is 551 g/mol. The lowest BCUT2D eigenvalue weighted by molar-refractivity contribution is 0.422. The number of nitrogens with one attached hydrogen (secondary N) is 3. The maximum atomic E-state index is 10.9. The van der Waals surface area contributed by atoms with Crippen molar-refractivity contribution in [1.29, 1.82) is 5.41 Å². The Morgan fingerprint density at radius 3 is 2.08 bits per heavy atom. The molecule has 7 heteroatoms. The molecule has 36 heavy (non-hydrogen) atoms. The summed E-state index contributed by atoms with van der Waals surface area (Å²) in [6.45, 7) is 14.7. The van der Waals surface area contributed by atoms with Crippen LogP contribution in [0.5, 0.6) is 5.75 Å². The number of rotatable bonds is 8. The molecule has 0 aliphatic heterocycles. The first kappa shape index (κ1) is 32.0. The van der Waals surface area contributed by atoms with Crippen LogP contribution in [0.25, 0.3) is 0 Å². The number of hydrogen-bond donors (Lipinski definition) is 4. The number of thiophene rings is 1. The van der Waals surface area contributed by atoms with Crippen LogP contribution in [-0.2, 0) is 23.8 Å². The first-order chi connectivity index (χ1) is 15.9. The summed E-state index contributed by atoms with van der Waals surface area (Å²) in [5.41, 5.74) is 5.27. The van der Waals surface area contributed by atoms with E-state index in [-0.39, 0.29) is 35.6 Å². The van der Waals surface area contributed by atoms with Gasteiger partial charge in [-0.3, -0.25) is 5.41 Å². The largest absolute Gasteiger partial charge is 0.507 e. The lowest BCUT2D eigenvalue weighted by Gasteiger charge is -2.28. The lowest BCUT2D eigenvalue weighted by Crippen LogP contribution is -2.19. The van der Waals surface area contributed by atoms with Crippen molar-refractivity contribution < 1.29 is 5.11 Å². The topological polar surface area (TPSA) is 68.1 Å². The number of benzene rings is 2. The van der Waals surface area contributed by atoms with Crippen LogP contribution in [0.3, 0.4) is 0 Å². The van der Waals surface area contributed by atoms with Crippen molar-refractivity contribution in [1.82, 2.24) is 5.32 Å². The highest BCUT2D eigenvalue weighted by Crippen LogP contribution is 2.40. The zero-order valence-electron chi connectivity index (χ0n) is 22.2. The van der Waals surface area contributed by atoms with Crippen LogP contribution in [0.2, 0.25) is 0 Å². The summed E-state index contributed by atoms with van der Waals surface area (Å²) in [6.07, 6.45) is 2.00. The second-order valence-corrected chi connectivity index (χ2v) is 11.9. The maximum Gasteiger partial charge on any atom is 0.140 e. The van der Waals surface area contributed by atoms with Gasteiger partial charge in [-0.15, -0.1) is 36.2 Å². The van der Waals surface area contributed by atoms with Gasteiger partial charge in [0.15, 0.2) is 0 Å². The van der Waals surface area contributed by atoms with Gasteiger partial charge >= 0.3 is 0 Å². The van der Waals surface area contributed by atoms with Crippen molar-refractivity contribution in [3.05, 3.63) is 81.0 Å². The second kappa shape index (κ2) is 13.5. The number of phenols is 1. The van der Waals surface area contributed by atoms with Crippen molar-refractivity contribution in [2.75, 3.05) is 11.9 Å². The molecule has 0 saturated heterocycles. The van der Waals surface area contributed by atoms with E-state index >= 15 is 0 Å². The number of amidine groups is 1. The van der Waals surface area contributed by atoms with Crippen molar-refractivity contribution >= 4 is 47.7 Å². The molecule has 0 atom stereocenters. The van der Waals surface area contributed by atoms with Crippen molar-refractivity contribution in [3.8, 4) is 5.75 Å². The highest BCUT2D eigenvalue weighted by atomic mass is 35.5. The molecule has 3 aromatic rings. The van der Waals surface area contributed by atoms with Crippen LogP contribution in [0, 0.1) is 5.41 Å². The summed E-state index contributed by atoms with van der Waals surface area (Å²) >= 11 is 1.56. The smallest absolute Gasteiger partial charge is 0.140 e. The molecule has 0 aliphatic carbocycles. The number of aryl methyl sites for hydroxylation is 1. The SMILES string of the molecule is CC(C)(C)c1cc(CCCNCc2cccc(NC(=N)c3cccs3)c2)cc(C(C)(C)C)c1O.Cl.Cl. The number of hydrogen-bond acceptors (Lipinski definition) is 4. The van der Waals surface area contributed by atoms with E-state index in [1.54, 1.807) is 11.3 Å². The van der Waals surface area contributed by atoms with E-state index in [9.17, 15) is 5.11 Å². The Morgan fingerprint density at radius 2 is 1.53 bits per heavy atom. The van der Waals surface area contributed by atoms with Gasteiger partial charge in [0.25, 0.3) is 0 Å². The minimum Gasteiger partial charge on any atom is -0.507 e. The van der Waals surface area contributed by atoms with Crippen molar-refractivity contribution in [3.63, 3.8) is 0 Å². The van der Waals surface area contributed by atoms with E-state index in [4.69, 9.17) is 5.41 Å². The maximum absolute atomic E-state index is 10.9. The second-order valence-electron chi connectivity index (χ2n) is 11.0. The van der Waals surface area contributed by atoms with Crippen LogP contribution in [0.1, 0.15) is 75.1 Å². The monoisotopic (exact) mass is 549 g/mol. The minimum atomic E-state index is -0.1000. The van der Waals surface area contributed by atoms with Crippen molar-refractivity contribution in [2.24, 2.45) is 0 Å². The molecule has 0 aliphatic rings. The molecule has 198 valence electrons. The third-order valence-corrected chi connectivity index (χ3v) is 6.79. The predicted molar refractivity (Wildman–Crippen MR) is 161 cm³/mol. The first-order valence-electron chi connectivity index (χ1n) is 12.0. The summed E-state index contributed by atoms with van der Waals surface area (Å²) in [5.74, 6) is 0.876. The average Bonchev–Trinajstić information content (AvgIpc) is 3.28. The summed E-state index contributed by atoms with van der Waals surface area (Å²) in [4.78, 5) is 0.932. The molecule has 0 amide bonds. The zero-order chi connectivity index (χ0) is 24.9. The lowest BCUT2D eigenvalue weighted by atomic mass is 9.78. The van der Waals surface area contributed by atoms with Gasteiger partial charge in [-0.05, 0) is 76.0 Å². The molecule has 0 saturated carbocycles. The van der Waals surface area contributed by atoms with E-state index < -0.39 is 0 Å². The molecular formula is C29H41Cl2N3OS. The van der Waals surface area contributed by atoms with Crippen LogP contribution in [-0.4, -0.2) is 17.5 Å². The standard InChI is InChI=1S/C29H39N3OS.2ClH/c1-28(2,3)23-17-20(18-24(26(23)33)29(4,5)6)11-8-14-31-19-21-10-7-12-22(16-21)32-27(30)25-13-9-15-34-25;;/h7,9-10,12-13,15-18,31,33H,8,11,14,19H2,1-6H3,(H2,30,32);2*1H. The van der Waals surface area contributed by atoms with E-state index in [1.165, 1.54) is 11.1 Å². The Kier molecular flexibility index (Phi) is 12.0. The zero-order valence-corrected chi connectivity index (χ0v) is 24.6. The van der Waals surface area contributed by atoms with Crippen LogP contribution >= 0.6 is 36.2 Å². The van der Waals surface area contributed by atoms with Crippen LogP contribution < -0.4 is 10.6 Å². The summed E-state index contributed by atoms with van der Waals surface area (Å²) in [6, 6.07) is 16.5.